The van der Waals surface area contributed by atoms with Crippen molar-refractivity contribution in [3.05, 3.63) is 17.7 Å². The quantitative estimate of drug-likeness (QED) is 0.786. The summed E-state index contributed by atoms with van der Waals surface area (Å²) >= 11 is 0. The zero-order valence-electron chi connectivity index (χ0n) is 10.5. The Bertz CT molecular complexity index is 533. The molecule has 0 saturated carbocycles. The minimum Gasteiger partial charge on any atom is -0.397 e. The number of carbonyl (C=O) groups excluding carboxylic acids is 1. The Hall–Kier alpha value is -2.22. The first-order valence-corrected chi connectivity index (χ1v) is 5.84. The van der Waals surface area contributed by atoms with Gasteiger partial charge in [0, 0.05) is 19.3 Å². The number of anilines is 3. The van der Waals surface area contributed by atoms with E-state index in [1.807, 2.05) is 31.0 Å². The Morgan fingerprint density at radius 2 is 2.33 bits per heavy atom. The highest BCUT2D eigenvalue weighted by atomic mass is 16.1. The van der Waals surface area contributed by atoms with Gasteiger partial charge in [0.05, 0.1) is 29.8 Å². The standard InChI is InChI=1S/C13H16N4O/c1-8(6-14)7-17(2)12-5-11-9(3-10(12)15)4-13(18)16-11/h3,5,8H,4,7,15H2,1-2H3,(H,16,18). The lowest BCUT2D eigenvalue weighted by Gasteiger charge is -2.23. The number of rotatable bonds is 3. The zero-order valence-corrected chi connectivity index (χ0v) is 10.5. The Balaban J connectivity index is 2.27. The monoisotopic (exact) mass is 244 g/mol. The maximum absolute atomic E-state index is 11.3. The molecule has 5 nitrogen and oxygen atoms in total. The maximum atomic E-state index is 11.3. The highest BCUT2D eigenvalue weighted by molar-refractivity contribution is 6.00. The average Bonchev–Trinajstić information content (AvgIpc) is 2.66. The summed E-state index contributed by atoms with van der Waals surface area (Å²) in [5.41, 5.74) is 9.23. The largest absolute Gasteiger partial charge is 0.397 e. The Morgan fingerprint density at radius 3 is 3.00 bits per heavy atom. The number of nitriles is 1. The van der Waals surface area contributed by atoms with Gasteiger partial charge in [0.1, 0.15) is 0 Å². The van der Waals surface area contributed by atoms with E-state index in [1.54, 1.807) is 0 Å². The SMILES string of the molecule is CC(C#N)CN(C)c1cc2c(cc1N)CC(=O)N2. The number of nitrogens with two attached hydrogens (primary N) is 1. The first-order valence-electron chi connectivity index (χ1n) is 5.84. The fourth-order valence-corrected chi connectivity index (χ4v) is 2.16. The molecule has 3 N–H and O–H groups in total. The van der Waals surface area contributed by atoms with Gasteiger partial charge in [-0.2, -0.15) is 5.26 Å². The lowest BCUT2D eigenvalue weighted by molar-refractivity contribution is -0.115. The van der Waals surface area contributed by atoms with Crippen LogP contribution in [0.1, 0.15) is 12.5 Å². The highest BCUT2D eigenvalue weighted by Gasteiger charge is 2.20. The van der Waals surface area contributed by atoms with Crippen molar-refractivity contribution >= 4 is 23.0 Å². The Morgan fingerprint density at radius 1 is 1.61 bits per heavy atom. The summed E-state index contributed by atoms with van der Waals surface area (Å²) in [6.45, 7) is 2.47. The van der Waals surface area contributed by atoms with E-state index in [1.165, 1.54) is 0 Å². The molecule has 1 amide bonds. The molecule has 0 fully saturated rings. The lowest BCUT2D eigenvalue weighted by atomic mass is 10.1. The average molecular weight is 244 g/mol. The molecule has 1 unspecified atom stereocenters. The number of fused-ring (bicyclic) bond motifs is 1. The number of nitrogens with one attached hydrogen (secondary N) is 1. The third-order valence-electron chi connectivity index (χ3n) is 3.06. The van der Waals surface area contributed by atoms with E-state index >= 15 is 0 Å². The van der Waals surface area contributed by atoms with Gasteiger partial charge in [-0.3, -0.25) is 4.79 Å². The van der Waals surface area contributed by atoms with Crippen molar-refractivity contribution < 1.29 is 4.79 Å². The van der Waals surface area contributed by atoms with E-state index in [0.717, 1.165) is 16.9 Å². The minimum absolute atomic E-state index is 0.00500. The predicted molar refractivity (Wildman–Crippen MR) is 71.2 cm³/mol. The minimum atomic E-state index is -0.0720. The molecule has 94 valence electrons. The third kappa shape index (κ3) is 2.23. The van der Waals surface area contributed by atoms with Gasteiger partial charge in [0.25, 0.3) is 0 Å². The maximum Gasteiger partial charge on any atom is 0.228 e. The molecule has 0 aliphatic carbocycles. The molecule has 18 heavy (non-hydrogen) atoms. The highest BCUT2D eigenvalue weighted by Crippen LogP contribution is 2.33. The van der Waals surface area contributed by atoms with Crippen LogP contribution in [-0.2, 0) is 11.2 Å². The summed E-state index contributed by atoms with van der Waals surface area (Å²) in [6, 6.07) is 5.90. The fraction of sp³-hybridized carbons (Fsp3) is 0.385. The summed E-state index contributed by atoms with van der Waals surface area (Å²) in [7, 11) is 1.89. The predicted octanol–water partition coefficient (Wildman–Crippen LogP) is 1.36. The van der Waals surface area contributed by atoms with E-state index in [-0.39, 0.29) is 11.8 Å². The van der Waals surface area contributed by atoms with Crippen molar-refractivity contribution in [2.24, 2.45) is 5.92 Å². The number of nitrogens with zero attached hydrogens (tertiary/aromatic N) is 2. The summed E-state index contributed by atoms with van der Waals surface area (Å²) in [4.78, 5) is 13.2. The topological polar surface area (TPSA) is 82.2 Å². The Labute approximate surface area is 106 Å². The van der Waals surface area contributed by atoms with E-state index in [4.69, 9.17) is 11.0 Å². The fourth-order valence-electron chi connectivity index (χ4n) is 2.16. The molecule has 1 aromatic rings. The van der Waals surface area contributed by atoms with E-state index in [2.05, 4.69) is 11.4 Å². The molecule has 1 heterocycles. The van der Waals surface area contributed by atoms with Gasteiger partial charge >= 0.3 is 0 Å². The first-order chi connectivity index (χ1) is 8.51. The molecule has 1 atom stereocenters. The second kappa shape index (κ2) is 4.57. The van der Waals surface area contributed by atoms with Crippen molar-refractivity contribution in [3.8, 4) is 6.07 Å². The number of amides is 1. The van der Waals surface area contributed by atoms with Gasteiger partial charge in [-0.1, -0.05) is 0 Å². The smallest absolute Gasteiger partial charge is 0.228 e. The number of carbonyl (C=O) groups is 1. The first kappa shape index (κ1) is 12.2. The molecule has 1 aliphatic rings. The molecular formula is C13H16N4O. The van der Waals surface area contributed by atoms with Crippen LogP contribution in [0.15, 0.2) is 12.1 Å². The molecule has 0 spiro atoms. The third-order valence-corrected chi connectivity index (χ3v) is 3.06. The van der Waals surface area contributed by atoms with Crippen LogP contribution in [0.4, 0.5) is 17.1 Å². The molecular weight excluding hydrogens is 228 g/mol. The van der Waals surface area contributed by atoms with E-state index < -0.39 is 0 Å². The molecule has 5 heteroatoms. The molecule has 0 bridgehead atoms. The Kier molecular flexibility index (Phi) is 3.11. The number of nitrogen functional groups attached to an aromatic ring is 1. The molecule has 2 rings (SSSR count). The van der Waals surface area contributed by atoms with Gasteiger partial charge in [0.15, 0.2) is 0 Å². The van der Waals surface area contributed by atoms with Crippen LogP contribution >= 0.6 is 0 Å². The molecule has 0 aromatic heterocycles. The number of benzene rings is 1. The zero-order chi connectivity index (χ0) is 13.3. The normalized spacial score (nSPS) is 14.6. The van der Waals surface area contributed by atoms with Gasteiger partial charge in [0.2, 0.25) is 5.91 Å². The summed E-state index contributed by atoms with van der Waals surface area (Å²) < 4.78 is 0. The van der Waals surface area contributed by atoms with Crippen molar-refractivity contribution in [3.63, 3.8) is 0 Å². The van der Waals surface area contributed by atoms with Crippen LogP contribution in [0, 0.1) is 17.2 Å². The van der Waals surface area contributed by atoms with Crippen molar-refractivity contribution in [1.82, 2.24) is 0 Å². The number of hydrogen-bond acceptors (Lipinski definition) is 4. The van der Waals surface area contributed by atoms with Crippen LogP contribution < -0.4 is 16.0 Å². The van der Waals surface area contributed by atoms with Crippen LogP contribution in [0.3, 0.4) is 0 Å². The van der Waals surface area contributed by atoms with Gasteiger partial charge in [-0.15, -0.1) is 0 Å². The van der Waals surface area contributed by atoms with Crippen molar-refractivity contribution in [1.29, 1.82) is 5.26 Å². The van der Waals surface area contributed by atoms with Gasteiger partial charge < -0.3 is 16.0 Å². The van der Waals surface area contributed by atoms with Crippen LogP contribution in [0.25, 0.3) is 0 Å². The van der Waals surface area contributed by atoms with Crippen molar-refractivity contribution in [2.45, 2.75) is 13.3 Å². The molecule has 1 aromatic carbocycles. The van der Waals surface area contributed by atoms with Crippen LogP contribution in [0.2, 0.25) is 0 Å². The number of hydrogen-bond donors (Lipinski definition) is 2. The van der Waals surface area contributed by atoms with Gasteiger partial charge in [-0.05, 0) is 24.6 Å². The van der Waals surface area contributed by atoms with Crippen LogP contribution in [-0.4, -0.2) is 19.5 Å². The summed E-state index contributed by atoms with van der Waals surface area (Å²) in [5, 5.41) is 11.6. The van der Waals surface area contributed by atoms with E-state index in [0.29, 0.717) is 18.7 Å². The van der Waals surface area contributed by atoms with Gasteiger partial charge in [-0.25, -0.2) is 0 Å². The second-order valence-electron chi connectivity index (χ2n) is 4.70. The summed E-state index contributed by atoms with van der Waals surface area (Å²) in [6.07, 6.45) is 0.387. The lowest BCUT2D eigenvalue weighted by Crippen LogP contribution is -2.24. The van der Waals surface area contributed by atoms with Crippen molar-refractivity contribution in [2.75, 3.05) is 29.5 Å². The molecule has 0 radical (unpaired) electrons. The van der Waals surface area contributed by atoms with Crippen LogP contribution in [0.5, 0.6) is 0 Å². The second-order valence-corrected chi connectivity index (χ2v) is 4.70. The molecule has 1 aliphatic heterocycles. The summed E-state index contributed by atoms with van der Waals surface area (Å²) in [5.74, 6) is -0.0770. The van der Waals surface area contributed by atoms with E-state index in [9.17, 15) is 4.79 Å². The molecule has 0 saturated heterocycles.